The molecule has 0 bridgehead atoms. The minimum Gasteiger partial charge on any atom is -0.380 e. The molecule has 0 aliphatic carbocycles. The van der Waals surface area contributed by atoms with Crippen LogP contribution in [-0.2, 0) is 9.47 Å². The summed E-state index contributed by atoms with van der Waals surface area (Å²) in [7, 11) is 1.76. The summed E-state index contributed by atoms with van der Waals surface area (Å²) in [5.41, 5.74) is -0.0809. The zero-order valence-electron chi connectivity index (χ0n) is 10.9. The standard InChI is InChI=1S/C12H27NO2/c1-6-8-15-10-11(13-7-2)9-12(3,4)14-5/h11,13H,6-10H2,1-5H3. The smallest absolute Gasteiger partial charge is 0.0638 e. The summed E-state index contributed by atoms with van der Waals surface area (Å²) in [6.45, 7) is 11.0. The fourth-order valence-corrected chi connectivity index (χ4v) is 1.53. The van der Waals surface area contributed by atoms with Crippen molar-refractivity contribution < 1.29 is 9.47 Å². The Morgan fingerprint density at radius 1 is 1.27 bits per heavy atom. The van der Waals surface area contributed by atoms with Crippen LogP contribution in [0.1, 0.15) is 40.5 Å². The summed E-state index contributed by atoms with van der Waals surface area (Å²) < 4.78 is 11.0. The first kappa shape index (κ1) is 14.9. The van der Waals surface area contributed by atoms with E-state index in [-0.39, 0.29) is 5.60 Å². The number of rotatable bonds is 9. The SMILES string of the molecule is CCCOCC(CC(C)(C)OC)NCC. The van der Waals surface area contributed by atoms with Gasteiger partial charge in [0.05, 0.1) is 12.2 Å². The first-order chi connectivity index (χ1) is 7.05. The quantitative estimate of drug-likeness (QED) is 0.601. The Labute approximate surface area is 94.5 Å². The van der Waals surface area contributed by atoms with Gasteiger partial charge < -0.3 is 14.8 Å². The van der Waals surface area contributed by atoms with Crippen LogP contribution in [0.3, 0.4) is 0 Å². The van der Waals surface area contributed by atoms with Gasteiger partial charge in [-0.05, 0) is 33.2 Å². The lowest BCUT2D eigenvalue weighted by molar-refractivity contribution is -0.00436. The topological polar surface area (TPSA) is 30.5 Å². The number of hydrogen-bond acceptors (Lipinski definition) is 3. The fourth-order valence-electron chi connectivity index (χ4n) is 1.53. The Morgan fingerprint density at radius 2 is 1.93 bits per heavy atom. The molecule has 0 rings (SSSR count). The van der Waals surface area contributed by atoms with Crippen LogP contribution in [-0.4, -0.2) is 38.5 Å². The summed E-state index contributed by atoms with van der Waals surface area (Å²) in [6.07, 6.45) is 2.05. The molecule has 0 aliphatic heterocycles. The number of ether oxygens (including phenoxy) is 2. The highest BCUT2D eigenvalue weighted by atomic mass is 16.5. The van der Waals surface area contributed by atoms with Gasteiger partial charge in [-0.2, -0.15) is 0 Å². The summed E-state index contributed by atoms with van der Waals surface area (Å²) in [4.78, 5) is 0. The van der Waals surface area contributed by atoms with E-state index in [0.29, 0.717) is 6.04 Å². The van der Waals surface area contributed by atoms with Crippen molar-refractivity contribution in [3.63, 3.8) is 0 Å². The highest BCUT2D eigenvalue weighted by Crippen LogP contribution is 2.15. The van der Waals surface area contributed by atoms with Crippen molar-refractivity contribution in [1.29, 1.82) is 0 Å². The van der Waals surface area contributed by atoms with Gasteiger partial charge in [-0.3, -0.25) is 0 Å². The predicted molar refractivity (Wildman–Crippen MR) is 64.3 cm³/mol. The molecular weight excluding hydrogens is 190 g/mol. The van der Waals surface area contributed by atoms with Crippen LogP contribution in [0.2, 0.25) is 0 Å². The van der Waals surface area contributed by atoms with Crippen LogP contribution in [0.5, 0.6) is 0 Å². The molecule has 1 unspecified atom stereocenters. The van der Waals surface area contributed by atoms with Crippen molar-refractivity contribution in [2.45, 2.75) is 52.2 Å². The molecule has 3 nitrogen and oxygen atoms in total. The fraction of sp³-hybridized carbons (Fsp3) is 1.00. The molecule has 0 saturated carbocycles. The second-order valence-corrected chi connectivity index (χ2v) is 4.50. The lowest BCUT2D eigenvalue weighted by Gasteiger charge is -2.28. The van der Waals surface area contributed by atoms with Gasteiger partial charge in [-0.25, -0.2) is 0 Å². The molecule has 0 amide bonds. The molecule has 0 aromatic heterocycles. The molecule has 1 N–H and O–H groups in total. The molecule has 92 valence electrons. The number of nitrogens with one attached hydrogen (secondary N) is 1. The second kappa shape index (κ2) is 8.08. The van der Waals surface area contributed by atoms with E-state index in [0.717, 1.165) is 32.6 Å². The molecular formula is C12H27NO2. The Kier molecular flexibility index (Phi) is 8.02. The van der Waals surface area contributed by atoms with Crippen molar-refractivity contribution in [2.75, 3.05) is 26.9 Å². The minimum atomic E-state index is -0.0809. The van der Waals surface area contributed by atoms with Crippen molar-refractivity contribution in [3.8, 4) is 0 Å². The first-order valence-corrected chi connectivity index (χ1v) is 5.92. The molecule has 0 radical (unpaired) electrons. The van der Waals surface area contributed by atoms with Crippen LogP contribution in [0.15, 0.2) is 0 Å². The highest BCUT2D eigenvalue weighted by Gasteiger charge is 2.22. The molecule has 0 saturated heterocycles. The predicted octanol–water partition coefficient (Wildman–Crippen LogP) is 2.21. The number of likely N-dealkylation sites (N-methyl/N-ethyl adjacent to an activating group) is 1. The maximum atomic E-state index is 5.57. The van der Waals surface area contributed by atoms with Crippen LogP contribution in [0, 0.1) is 0 Å². The van der Waals surface area contributed by atoms with Gasteiger partial charge in [-0.15, -0.1) is 0 Å². The van der Waals surface area contributed by atoms with Gasteiger partial charge in [-0.1, -0.05) is 13.8 Å². The van der Waals surface area contributed by atoms with Crippen LogP contribution < -0.4 is 5.32 Å². The molecule has 1 atom stereocenters. The second-order valence-electron chi connectivity index (χ2n) is 4.50. The van der Waals surface area contributed by atoms with Crippen molar-refractivity contribution in [1.82, 2.24) is 5.32 Å². The summed E-state index contributed by atoms with van der Waals surface area (Å²) in [6, 6.07) is 0.386. The molecule has 0 fully saturated rings. The number of methoxy groups -OCH3 is 1. The third-order valence-corrected chi connectivity index (χ3v) is 2.45. The molecule has 0 aliphatic rings. The van der Waals surface area contributed by atoms with E-state index in [9.17, 15) is 0 Å². The normalized spacial score (nSPS) is 14.2. The Morgan fingerprint density at radius 3 is 2.40 bits per heavy atom. The van der Waals surface area contributed by atoms with E-state index in [4.69, 9.17) is 9.47 Å². The lowest BCUT2D eigenvalue weighted by atomic mass is 9.99. The average molecular weight is 217 g/mol. The van der Waals surface area contributed by atoms with E-state index in [1.165, 1.54) is 0 Å². The molecule has 15 heavy (non-hydrogen) atoms. The van der Waals surface area contributed by atoms with Gasteiger partial charge in [0.2, 0.25) is 0 Å². The van der Waals surface area contributed by atoms with Gasteiger partial charge in [0.15, 0.2) is 0 Å². The minimum absolute atomic E-state index is 0.0809. The van der Waals surface area contributed by atoms with Crippen LogP contribution in [0.4, 0.5) is 0 Å². The molecule has 0 heterocycles. The highest BCUT2D eigenvalue weighted by molar-refractivity contribution is 4.77. The Balaban J connectivity index is 3.91. The van der Waals surface area contributed by atoms with Crippen molar-refractivity contribution >= 4 is 0 Å². The summed E-state index contributed by atoms with van der Waals surface area (Å²) in [5.74, 6) is 0. The van der Waals surface area contributed by atoms with Gasteiger partial charge >= 0.3 is 0 Å². The van der Waals surface area contributed by atoms with Gasteiger partial charge in [0.25, 0.3) is 0 Å². The summed E-state index contributed by atoms with van der Waals surface area (Å²) >= 11 is 0. The Hall–Kier alpha value is -0.120. The molecule has 0 spiro atoms. The monoisotopic (exact) mass is 217 g/mol. The third-order valence-electron chi connectivity index (χ3n) is 2.45. The average Bonchev–Trinajstić information content (AvgIpc) is 2.18. The number of hydrogen-bond donors (Lipinski definition) is 1. The lowest BCUT2D eigenvalue weighted by Crippen LogP contribution is -2.40. The molecule has 0 aromatic rings. The maximum Gasteiger partial charge on any atom is 0.0638 e. The van der Waals surface area contributed by atoms with E-state index in [1.807, 2.05) is 0 Å². The molecule has 3 heteroatoms. The van der Waals surface area contributed by atoms with E-state index in [1.54, 1.807) is 7.11 Å². The van der Waals surface area contributed by atoms with Gasteiger partial charge in [0, 0.05) is 19.8 Å². The maximum absolute atomic E-state index is 5.57. The first-order valence-electron chi connectivity index (χ1n) is 5.92. The van der Waals surface area contributed by atoms with E-state index in [2.05, 4.69) is 33.0 Å². The van der Waals surface area contributed by atoms with E-state index >= 15 is 0 Å². The van der Waals surface area contributed by atoms with Crippen molar-refractivity contribution in [3.05, 3.63) is 0 Å². The molecule has 0 aromatic carbocycles. The van der Waals surface area contributed by atoms with Crippen molar-refractivity contribution in [2.24, 2.45) is 0 Å². The van der Waals surface area contributed by atoms with Crippen LogP contribution >= 0.6 is 0 Å². The summed E-state index contributed by atoms with van der Waals surface area (Å²) in [5, 5.41) is 3.43. The zero-order chi connectivity index (χ0) is 11.7. The third kappa shape index (κ3) is 7.77. The van der Waals surface area contributed by atoms with E-state index < -0.39 is 0 Å². The zero-order valence-corrected chi connectivity index (χ0v) is 10.9. The van der Waals surface area contributed by atoms with Crippen LogP contribution in [0.25, 0.3) is 0 Å². The van der Waals surface area contributed by atoms with Gasteiger partial charge in [0.1, 0.15) is 0 Å². The largest absolute Gasteiger partial charge is 0.380 e. The Bertz CT molecular complexity index is 149.